The highest BCUT2D eigenvalue weighted by Gasteiger charge is 2.10. The van der Waals surface area contributed by atoms with Crippen LogP contribution in [-0.4, -0.2) is 14.7 Å². The molecule has 3 nitrogen and oxygen atoms in total. The number of hydrogen-bond acceptors (Lipinski definition) is 4. The lowest BCUT2D eigenvalue weighted by atomic mass is 10.2. The van der Waals surface area contributed by atoms with E-state index in [1.54, 1.807) is 11.4 Å². The molecular formula is C12H12O3S2. The first-order valence-corrected chi connectivity index (χ1v) is 7.78. The Morgan fingerprint density at radius 3 is 2.53 bits per heavy atom. The summed E-state index contributed by atoms with van der Waals surface area (Å²) in [7, 11) is -3.13. The second-order valence-electron chi connectivity index (χ2n) is 3.65. The molecule has 0 fully saturated rings. The van der Waals surface area contributed by atoms with Crippen molar-refractivity contribution in [3.05, 3.63) is 47.3 Å². The molecule has 17 heavy (non-hydrogen) atoms. The molecule has 5 heteroatoms. The molecule has 1 aromatic carbocycles. The summed E-state index contributed by atoms with van der Waals surface area (Å²) in [5, 5.41) is 1.71. The third kappa shape index (κ3) is 3.31. The molecule has 0 bridgehead atoms. The maximum absolute atomic E-state index is 11.3. The third-order valence-electron chi connectivity index (χ3n) is 2.17. The predicted octanol–water partition coefficient (Wildman–Crippen LogP) is 2.73. The summed E-state index contributed by atoms with van der Waals surface area (Å²) < 4.78 is 28.4. The van der Waals surface area contributed by atoms with Gasteiger partial charge in [-0.2, -0.15) is 0 Å². The van der Waals surface area contributed by atoms with Crippen LogP contribution in [0.2, 0.25) is 0 Å². The zero-order valence-corrected chi connectivity index (χ0v) is 10.9. The quantitative estimate of drug-likeness (QED) is 0.856. The van der Waals surface area contributed by atoms with Crippen molar-refractivity contribution in [2.24, 2.45) is 0 Å². The van der Waals surface area contributed by atoms with Gasteiger partial charge in [-0.15, -0.1) is 11.3 Å². The molecule has 0 aliphatic carbocycles. The fourth-order valence-electron chi connectivity index (χ4n) is 1.31. The Morgan fingerprint density at radius 1 is 1.24 bits per heavy atom. The second-order valence-corrected chi connectivity index (χ2v) is 6.80. The molecule has 90 valence electrons. The molecule has 0 saturated carbocycles. The SMILES string of the molecule is CS(=O)(=O)c1cc(OCc2ccccc2)cs1. The van der Waals surface area contributed by atoms with Gasteiger partial charge in [-0.05, 0) is 5.56 Å². The Balaban J connectivity index is 2.04. The van der Waals surface area contributed by atoms with Gasteiger partial charge in [-0.3, -0.25) is 0 Å². The van der Waals surface area contributed by atoms with Gasteiger partial charge >= 0.3 is 0 Å². The number of sulfone groups is 1. The molecule has 0 spiro atoms. The zero-order chi connectivity index (χ0) is 12.3. The Labute approximate surface area is 105 Å². The van der Waals surface area contributed by atoms with Gasteiger partial charge in [0, 0.05) is 17.7 Å². The first-order valence-electron chi connectivity index (χ1n) is 5.01. The zero-order valence-electron chi connectivity index (χ0n) is 9.29. The lowest BCUT2D eigenvalue weighted by Gasteiger charge is -2.02. The number of benzene rings is 1. The van der Waals surface area contributed by atoms with E-state index in [1.807, 2.05) is 30.3 Å². The Bertz CT molecular complexity index is 585. The number of ether oxygens (including phenoxy) is 1. The number of hydrogen-bond donors (Lipinski definition) is 0. The number of thiophene rings is 1. The highest BCUT2D eigenvalue weighted by Crippen LogP contribution is 2.26. The van der Waals surface area contributed by atoms with E-state index in [4.69, 9.17) is 4.74 Å². The van der Waals surface area contributed by atoms with Crippen molar-refractivity contribution in [1.82, 2.24) is 0 Å². The van der Waals surface area contributed by atoms with E-state index >= 15 is 0 Å². The molecule has 0 radical (unpaired) electrons. The Hall–Kier alpha value is -1.33. The number of rotatable bonds is 4. The third-order valence-corrected chi connectivity index (χ3v) is 4.91. The van der Waals surface area contributed by atoms with Crippen molar-refractivity contribution in [3.8, 4) is 5.75 Å². The van der Waals surface area contributed by atoms with E-state index in [9.17, 15) is 8.42 Å². The molecule has 0 unspecified atom stereocenters. The van der Waals surface area contributed by atoms with Crippen molar-refractivity contribution in [2.75, 3.05) is 6.26 Å². The molecular weight excluding hydrogens is 256 g/mol. The van der Waals surface area contributed by atoms with Crippen LogP contribution in [-0.2, 0) is 16.4 Å². The van der Waals surface area contributed by atoms with Gasteiger partial charge in [0.2, 0.25) is 0 Å². The van der Waals surface area contributed by atoms with E-state index in [-0.39, 0.29) is 0 Å². The van der Waals surface area contributed by atoms with Crippen molar-refractivity contribution in [3.63, 3.8) is 0 Å². The molecule has 0 saturated heterocycles. The van der Waals surface area contributed by atoms with Crippen LogP contribution < -0.4 is 4.74 Å². The van der Waals surface area contributed by atoms with Crippen LogP contribution >= 0.6 is 11.3 Å². The summed E-state index contributed by atoms with van der Waals surface area (Å²) in [6.07, 6.45) is 1.19. The highest BCUT2D eigenvalue weighted by molar-refractivity contribution is 7.92. The second kappa shape index (κ2) is 4.89. The molecule has 0 atom stereocenters. The lowest BCUT2D eigenvalue weighted by Crippen LogP contribution is -1.95. The topological polar surface area (TPSA) is 43.4 Å². The van der Waals surface area contributed by atoms with E-state index in [0.717, 1.165) is 5.56 Å². The van der Waals surface area contributed by atoms with E-state index < -0.39 is 9.84 Å². The van der Waals surface area contributed by atoms with Crippen LogP contribution in [0.1, 0.15) is 5.56 Å². The summed E-state index contributed by atoms with van der Waals surface area (Å²) in [6, 6.07) is 11.3. The Morgan fingerprint density at radius 2 is 1.94 bits per heavy atom. The standard InChI is InChI=1S/C12H12O3S2/c1-17(13,14)12-7-11(9-16-12)15-8-10-5-3-2-4-6-10/h2-7,9H,8H2,1H3. The largest absolute Gasteiger partial charge is 0.488 e. The van der Waals surface area contributed by atoms with Gasteiger partial charge in [0.15, 0.2) is 9.84 Å². The van der Waals surface area contributed by atoms with E-state index in [0.29, 0.717) is 16.6 Å². The average Bonchev–Trinajstić information content (AvgIpc) is 2.76. The maximum atomic E-state index is 11.3. The normalized spacial score (nSPS) is 11.4. The highest BCUT2D eigenvalue weighted by atomic mass is 32.2. The van der Waals surface area contributed by atoms with Crippen molar-refractivity contribution < 1.29 is 13.2 Å². The van der Waals surface area contributed by atoms with Crippen molar-refractivity contribution >= 4 is 21.2 Å². The van der Waals surface area contributed by atoms with Crippen molar-refractivity contribution in [1.29, 1.82) is 0 Å². The summed E-state index contributed by atoms with van der Waals surface area (Å²) in [5.41, 5.74) is 1.06. The molecule has 1 aromatic heterocycles. The minimum Gasteiger partial charge on any atom is -0.488 e. The predicted molar refractivity (Wildman–Crippen MR) is 68.2 cm³/mol. The van der Waals surface area contributed by atoms with Gasteiger partial charge in [-0.1, -0.05) is 30.3 Å². The fraction of sp³-hybridized carbons (Fsp3) is 0.167. The Kier molecular flexibility index (Phi) is 3.49. The van der Waals surface area contributed by atoms with Crippen LogP contribution in [0.4, 0.5) is 0 Å². The van der Waals surface area contributed by atoms with E-state index in [1.165, 1.54) is 17.6 Å². The summed E-state index contributed by atoms with van der Waals surface area (Å²) in [6.45, 7) is 0.445. The van der Waals surface area contributed by atoms with Crippen LogP contribution in [0.15, 0.2) is 46.0 Å². The van der Waals surface area contributed by atoms with Gasteiger partial charge in [-0.25, -0.2) is 8.42 Å². The van der Waals surface area contributed by atoms with Crippen LogP contribution in [0, 0.1) is 0 Å². The maximum Gasteiger partial charge on any atom is 0.185 e. The van der Waals surface area contributed by atoms with Crippen LogP contribution in [0.5, 0.6) is 5.75 Å². The molecule has 0 aliphatic rings. The minimum absolute atomic E-state index is 0.334. The molecule has 2 aromatic rings. The molecule has 0 amide bonds. The minimum atomic E-state index is -3.13. The van der Waals surface area contributed by atoms with E-state index in [2.05, 4.69) is 0 Å². The lowest BCUT2D eigenvalue weighted by molar-refractivity contribution is 0.307. The van der Waals surface area contributed by atoms with Crippen LogP contribution in [0.3, 0.4) is 0 Å². The molecule has 0 aliphatic heterocycles. The van der Waals surface area contributed by atoms with Gasteiger partial charge in [0.25, 0.3) is 0 Å². The average molecular weight is 268 g/mol. The van der Waals surface area contributed by atoms with Crippen molar-refractivity contribution in [2.45, 2.75) is 10.8 Å². The molecule has 0 N–H and O–H groups in total. The monoisotopic (exact) mass is 268 g/mol. The smallest absolute Gasteiger partial charge is 0.185 e. The molecule has 2 rings (SSSR count). The first-order chi connectivity index (χ1) is 8.05. The van der Waals surface area contributed by atoms with Crippen LogP contribution in [0.25, 0.3) is 0 Å². The van der Waals surface area contributed by atoms with Gasteiger partial charge < -0.3 is 4.74 Å². The fourth-order valence-corrected chi connectivity index (χ4v) is 3.04. The summed E-state index contributed by atoms with van der Waals surface area (Å²) in [5.74, 6) is 0.597. The van der Waals surface area contributed by atoms with Gasteiger partial charge in [0.1, 0.15) is 16.6 Å². The van der Waals surface area contributed by atoms with Gasteiger partial charge in [0.05, 0.1) is 0 Å². The molecule has 1 heterocycles. The summed E-state index contributed by atoms with van der Waals surface area (Å²) >= 11 is 1.18. The first kappa shape index (κ1) is 12.1. The summed E-state index contributed by atoms with van der Waals surface area (Å²) in [4.78, 5) is 0.